The molecule has 41 heavy (non-hydrogen) atoms. The number of hydrogen-bond acceptors (Lipinski definition) is 6. The van der Waals surface area contributed by atoms with E-state index in [-0.39, 0.29) is 23.3 Å². The lowest BCUT2D eigenvalue weighted by Gasteiger charge is -2.26. The summed E-state index contributed by atoms with van der Waals surface area (Å²) in [5.74, 6) is -0.763. The third kappa shape index (κ3) is 5.38. The maximum atomic E-state index is 11.7. The second kappa shape index (κ2) is 11.1. The van der Waals surface area contributed by atoms with Gasteiger partial charge in [-0.25, -0.2) is 9.59 Å². The van der Waals surface area contributed by atoms with E-state index in [0.717, 1.165) is 36.0 Å². The molecule has 2 aromatic heterocycles. The highest BCUT2D eigenvalue weighted by Gasteiger charge is 2.42. The Morgan fingerprint density at radius 1 is 0.951 bits per heavy atom. The van der Waals surface area contributed by atoms with Crippen molar-refractivity contribution in [1.82, 2.24) is 10.3 Å². The zero-order valence-corrected chi connectivity index (χ0v) is 22.7. The lowest BCUT2D eigenvalue weighted by Crippen LogP contribution is -2.29. The van der Waals surface area contributed by atoms with Gasteiger partial charge in [0.05, 0.1) is 29.0 Å². The Kier molecular flexibility index (Phi) is 7.15. The molecule has 0 amide bonds. The number of ether oxygens (including phenoxy) is 1. The van der Waals surface area contributed by atoms with Crippen LogP contribution in [0.3, 0.4) is 0 Å². The summed E-state index contributed by atoms with van der Waals surface area (Å²) in [6.07, 6.45) is 6.49. The molecule has 6 rings (SSSR count). The first-order valence-corrected chi connectivity index (χ1v) is 13.8. The summed E-state index contributed by atoms with van der Waals surface area (Å²) in [6.45, 7) is 0. The number of thiocarbonyl (C=S) groups is 1. The van der Waals surface area contributed by atoms with E-state index in [2.05, 4.69) is 10.3 Å². The van der Waals surface area contributed by atoms with Crippen LogP contribution in [-0.2, 0) is 0 Å². The zero-order chi connectivity index (χ0) is 28.5. The zero-order valence-electron chi connectivity index (χ0n) is 21.9. The van der Waals surface area contributed by atoms with Crippen LogP contribution >= 0.6 is 12.2 Å². The smallest absolute Gasteiger partial charge is 0.335 e. The number of nitrogens with zero attached hydrogens (tertiary/aromatic N) is 2. The number of carbonyl (C=O) groups is 2. The Morgan fingerprint density at radius 3 is 2.29 bits per heavy atom. The van der Waals surface area contributed by atoms with Crippen molar-refractivity contribution in [3.63, 3.8) is 0 Å². The van der Waals surface area contributed by atoms with Crippen molar-refractivity contribution in [2.45, 2.75) is 43.9 Å². The van der Waals surface area contributed by atoms with Crippen molar-refractivity contribution in [3.8, 4) is 17.1 Å². The molecule has 1 saturated carbocycles. The van der Waals surface area contributed by atoms with Gasteiger partial charge >= 0.3 is 11.9 Å². The lowest BCUT2D eigenvalue weighted by atomic mass is 10.0. The molecular formula is C31H27N3O6S. The molecule has 208 valence electrons. The molecule has 0 radical (unpaired) electrons. The minimum Gasteiger partial charge on any atom is -0.490 e. The van der Waals surface area contributed by atoms with Gasteiger partial charge in [-0.1, -0.05) is 6.07 Å². The third-order valence-electron chi connectivity index (χ3n) is 7.45. The normalized spacial score (nSPS) is 18.8. The largest absolute Gasteiger partial charge is 0.490 e. The number of carboxylic acid groups (broad SMARTS) is 2. The Balaban J connectivity index is 1.37. The van der Waals surface area contributed by atoms with Crippen LogP contribution in [0.1, 0.15) is 69.9 Å². The Labute approximate surface area is 241 Å². The number of furan rings is 1. The summed E-state index contributed by atoms with van der Waals surface area (Å²) in [7, 11) is 0. The molecule has 0 unspecified atom stereocenters. The quantitative estimate of drug-likeness (QED) is 0.210. The summed E-state index contributed by atoms with van der Waals surface area (Å²) in [5.41, 5.74) is 1.66. The fourth-order valence-corrected chi connectivity index (χ4v) is 5.84. The molecule has 2 aromatic carbocycles. The van der Waals surface area contributed by atoms with Crippen molar-refractivity contribution in [2.75, 3.05) is 4.90 Å². The van der Waals surface area contributed by atoms with Gasteiger partial charge in [-0.05, 0) is 105 Å². The first kappa shape index (κ1) is 26.5. The second-order valence-corrected chi connectivity index (χ2v) is 10.5. The lowest BCUT2D eigenvalue weighted by molar-refractivity contribution is 0.0696. The molecule has 2 aliphatic rings. The summed E-state index contributed by atoms with van der Waals surface area (Å²) in [6, 6.07) is 20.1. The fourth-order valence-electron chi connectivity index (χ4n) is 5.49. The number of nitrogens with one attached hydrogen (secondary N) is 1. The molecule has 4 aromatic rings. The number of rotatable bonds is 8. The topological polar surface area (TPSA) is 125 Å². The molecular weight excluding hydrogens is 542 g/mol. The number of benzene rings is 2. The molecule has 0 spiro atoms. The van der Waals surface area contributed by atoms with Crippen LogP contribution in [0.2, 0.25) is 0 Å². The summed E-state index contributed by atoms with van der Waals surface area (Å²) in [4.78, 5) is 29.8. The van der Waals surface area contributed by atoms with Gasteiger partial charge in [-0.2, -0.15) is 0 Å². The van der Waals surface area contributed by atoms with Crippen LogP contribution in [0, 0.1) is 0 Å². The van der Waals surface area contributed by atoms with Crippen LogP contribution in [0.25, 0.3) is 11.3 Å². The van der Waals surface area contributed by atoms with E-state index < -0.39 is 18.0 Å². The standard InChI is InChI=1S/C31H27N3O6S/c35-29(36)19-15-18(16-20(17-19)30(37)38)25-12-13-26(40-25)28-27(24-7-3-4-14-32-24)33-31(41)34(28)21-8-10-23(11-9-21)39-22-5-1-2-6-22/h3-4,7-17,22,27-28H,1-2,5-6H2,(H,33,41)(H,35,36)(H,37,38)/t27-,28+/m1/s1. The van der Waals surface area contributed by atoms with Gasteiger partial charge in [0.15, 0.2) is 5.11 Å². The number of hydrogen-bond donors (Lipinski definition) is 3. The monoisotopic (exact) mass is 569 g/mol. The van der Waals surface area contributed by atoms with Crippen LogP contribution < -0.4 is 15.0 Å². The van der Waals surface area contributed by atoms with Crippen molar-refractivity contribution in [1.29, 1.82) is 0 Å². The number of carboxylic acids is 2. The van der Waals surface area contributed by atoms with Crippen molar-refractivity contribution in [2.24, 2.45) is 0 Å². The molecule has 2 fully saturated rings. The number of aromatic carboxylic acids is 2. The van der Waals surface area contributed by atoms with Crippen molar-refractivity contribution in [3.05, 3.63) is 102 Å². The molecule has 0 bridgehead atoms. The molecule has 9 nitrogen and oxygen atoms in total. The molecule has 10 heteroatoms. The number of anilines is 1. The highest BCUT2D eigenvalue weighted by Crippen LogP contribution is 2.43. The average molecular weight is 570 g/mol. The SMILES string of the molecule is O=C(O)c1cc(C(=O)O)cc(-c2ccc([C@H]3[C@@H](c4ccccn4)NC(=S)N3c3ccc(OC4CCCC4)cc3)o2)c1. The Hall–Kier alpha value is -4.70. The van der Waals surface area contributed by atoms with Crippen LogP contribution in [0.15, 0.2) is 83.4 Å². The van der Waals surface area contributed by atoms with E-state index in [4.69, 9.17) is 21.4 Å². The summed E-state index contributed by atoms with van der Waals surface area (Å²) >= 11 is 5.80. The maximum absolute atomic E-state index is 11.7. The average Bonchev–Trinajstić information content (AvgIpc) is 3.74. The van der Waals surface area contributed by atoms with Crippen LogP contribution in [0.5, 0.6) is 5.75 Å². The first-order chi connectivity index (χ1) is 19.9. The molecule has 1 saturated heterocycles. The molecule has 3 heterocycles. The van der Waals surface area contributed by atoms with Gasteiger partial charge in [0.25, 0.3) is 0 Å². The van der Waals surface area contributed by atoms with Gasteiger partial charge in [0.1, 0.15) is 23.3 Å². The highest BCUT2D eigenvalue weighted by molar-refractivity contribution is 7.80. The highest BCUT2D eigenvalue weighted by atomic mass is 32.1. The molecule has 3 N–H and O–H groups in total. The maximum Gasteiger partial charge on any atom is 0.335 e. The molecule has 1 aliphatic heterocycles. The van der Waals surface area contributed by atoms with Gasteiger partial charge in [-0.3, -0.25) is 4.98 Å². The second-order valence-electron chi connectivity index (χ2n) is 10.1. The number of aromatic nitrogens is 1. The van der Waals surface area contributed by atoms with Gasteiger partial charge < -0.3 is 29.6 Å². The minimum atomic E-state index is -1.23. The van der Waals surface area contributed by atoms with E-state index >= 15 is 0 Å². The van der Waals surface area contributed by atoms with Gasteiger partial charge in [0.2, 0.25) is 0 Å². The number of pyridine rings is 1. The summed E-state index contributed by atoms with van der Waals surface area (Å²) in [5, 5.41) is 22.9. The predicted octanol–water partition coefficient (Wildman–Crippen LogP) is 6.24. The van der Waals surface area contributed by atoms with E-state index in [1.165, 1.54) is 25.0 Å². The van der Waals surface area contributed by atoms with Gasteiger partial charge in [-0.15, -0.1) is 0 Å². The van der Waals surface area contributed by atoms with E-state index in [0.29, 0.717) is 22.2 Å². The van der Waals surface area contributed by atoms with Crippen molar-refractivity contribution >= 4 is 35.0 Å². The predicted molar refractivity (Wildman–Crippen MR) is 155 cm³/mol. The molecule has 2 atom stereocenters. The Bertz CT molecular complexity index is 1570. The first-order valence-electron chi connectivity index (χ1n) is 13.4. The molecule has 1 aliphatic carbocycles. The van der Waals surface area contributed by atoms with Crippen LogP contribution in [-0.4, -0.2) is 38.4 Å². The summed E-state index contributed by atoms with van der Waals surface area (Å²) < 4.78 is 12.5. The van der Waals surface area contributed by atoms with Crippen molar-refractivity contribution < 1.29 is 29.0 Å². The fraction of sp³-hybridized carbons (Fsp3) is 0.226. The van der Waals surface area contributed by atoms with E-state index in [1.807, 2.05) is 47.4 Å². The minimum absolute atomic E-state index is 0.144. The third-order valence-corrected chi connectivity index (χ3v) is 7.76. The Morgan fingerprint density at radius 2 is 1.66 bits per heavy atom. The van der Waals surface area contributed by atoms with E-state index in [1.54, 1.807) is 18.3 Å². The van der Waals surface area contributed by atoms with Crippen LogP contribution in [0.4, 0.5) is 5.69 Å². The van der Waals surface area contributed by atoms with Gasteiger partial charge in [0, 0.05) is 17.4 Å². The van der Waals surface area contributed by atoms with E-state index in [9.17, 15) is 19.8 Å².